The molecule has 0 spiro atoms. The van der Waals surface area contributed by atoms with E-state index in [-0.39, 0.29) is 0 Å². The summed E-state index contributed by atoms with van der Waals surface area (Å²) in [6.07, 6.45) is 0. The highest BCUT2D eigenvalue weighted by molar-refractivity contribution is 14.1. The van der Waals surface area contributed by atoms with Gasteiger partial charge >= 0.3 is 0 Å². The third-order valence-electron chi connectivity index (χ3n) is 3.32. The van der Waals surface area contributed by atoms with E-state index >= 15 is 0 Å². The Hall–Kier alpha value is -1.55. The summed E-state index contributed by atoms with van der Waals surface area (Å²) in [5, 5.41) is 4.94. The highest BCUT2D eigenvalue weighted by Crippen LogP contribution is 2.34. The topological polar surface area (TPSA) is 13.1 Å². The van der Waals surface area contributed by atoms with Crippen molar-refractivity contribution < 1.29 is 4.42 Å². The number of fused-ring (bicyclic) bond motifs is 5. The third-order valence-corrected chi connectivity index (χ3v) is 3.99. The van der Waals surface area contributed by atoms with Gasteiger partial charge in [0, 0.05) is 14.3 Å². The third kappa shape index (κ3) is 1.38. The number of hydrogen-bond donors (Lipinski definition) is 0. The van der Waals surface area contributed by atoms with Gasteiger partial charge in [-0.3, -0.25) is 0 Å². The fourth-order valence-corrected chi connectivity index (χ4v) is 3.01. The predicted molar refractivity (Wildman–Crippen MR) is 83.9 cm³/mol. The summed E-state index contributed by atoms with van der Waals surface area (Å²) < 4.78 is 7.14. The van der Waals surface area contributed by atoms with Gasteiger partial charge in [-0.1, -0.05) is 30.3 Å². The van der Waals surface area contributed by atoms with E-state index < -0.39 is 0 Å². The van der Waals surface area contributed by atoms with E-state index in [9.17, 15) is 0 Å². The quantitative estimate of drug-likeness (QED) is 0.392. The van der Waals surface area contributed by atoms with Gasteiger partial charge in [0.2, 0.25) is 0 Å². The summed E-state index contributed by atoms with van der Waals surface area (Å²) in [7, 11) is 0. The van der Waals surface area contributed by atoms with Crippen LogP contribution in [0.1, 0.15) is 0 Å². The lowest BCUT2D eigenvalue weighted by Crippen LogP contribution is -1.74. The van der Waals surface area contributed by atoms with Gasteiger partial charge in [0.15, 0.2) is 0 Å². The monoisotopic (exact) mass is 344 g/mol. The largest absolute Gasteiger partial charge is 0.456 e. The fourth-order valence-electron chi connectivity index (χ4n) is 2.52. The summed E-state index contributed by atoms with van der Waals surface area (Å²) in [5.74, 6) is 0. The van der Waals surface area contributed by atoms with Crippen molar-refractivity contribution >= 4 is 55.3 Å². The van der Waals surface area contributed by atoms with Crippen molar-refractivity contribution in [3.05, 3.63) is 58.2 Å². The molecule has 0 saturated heterocycles. The summed E-state index contributed by atoms with van der Waals surface area (Å²) in [5.41, 5.74) is 1.92. The van der Waals surface area contributed by atoms with Crippen LogP contribution in [-0.4, -0.2) is 0 Å². The van der Waals surface area contributed by atoms with Gasteiger partial charge in [0.05, 0.1) is 0 Å². The van der Waals surface area contributed by atoms with Crippen molar-refractivity contribution in [1.29, 1.82) is 0 Å². The van der Waals surface area contributed by atoms with Crippen LogP contribution in [0.25, 0.3) is 32.7 Å². The van der Waals surface area contributed by atoms with Crippen LogP contribution in [0.4, 0.5) is 0 Å². The molecule has 0 N–H and O–H groups in total. The van der Waals surface area contributed by atoms with Crippen LogP contribution < -0.4 is 0 Å². The van der Waals surface area contributed by atoms with Crippen molar-refractivity contribution in [3.8, 4) is 0 Å². The molecule has 86 valence electrons. The molecule has 0 bridgehead atoms. The predicted octanol–water partition coefficient (Wildman–Crippen LogP) is 5.34. The maximum atomic E-state index is 5.91. The Bertz CT molecular complexity index is 889. The first-order valence-corrected chi connectivity index (χ1v) is 6.90. The molecule has 4 aromatic rings. The molecule has 0 atom stereocenters. The van der Waals surface area contributed by atoms with Crippen molar-refractivity contribution in [2.24, 2.45) is 0 Å². The molecule has 1 nitrogen and oxygen atoms in total. The Kier molecular flexibility index (Phi) is 2.14. The van der Waals surface area contributed by atoms with E-state index in [1.807, 2.05) is 6.07 Å². The van der Waals surface area contributed by atoms with E-state index in [1.165, 1.54) is 25.1 Å². The fraction of sp³-hybridized carbons (Fsp3) is 0. The zero-order valence-corrected chi connectivity index (χ0v) is 11.6. The second-order valence-electron chi connectivity index (χ2n) is 4.40. The summed E-state index contributed by atoms with van der Waals surface area (Å²) in [6, 6.07) is 18.9. The number of benzene rings is 3. The molecule has 0 aliphatic carbocycles. The van der Waals surface area contributed by atoms with Crippen molar-refractivity contribution in [3.63, 3.8) is 0 Å². The molecule has 0 radical (unpaired) electrons. The lowest BCUT2D eigenvalue weighted by molar-refractivity contribution is 0.669. The average molecular weight is 344 g/mol. The molecule has 2 heteroatoms. The van der Waals surface area contributed by atoms with Gasteiger partial charge in [-0.15, -0.1) is 0 Å². The number of rotatable bonds is 0. The molecule has 0 aliphatic heterocycles. The van der Waals surface area contributed by atoms with E-state index in [4.69, 9.17) is 4.42 Å². The van der Waals surface area contributed by atoms with Crippen LogP contribution in [-0.2, 0) is 0 Å². The number of furan rings is 1. The molecule has 0 amide bonds. The standard InChI is InChI=1S/C16H9IO/c17-11-6-8-14-13(9-11)16-12-4-2-1-3-10(12)5-7-15(16)18-14/h1-9H. The molecule has 18 heavy (non-hydrogen) atoms. The normalized spacial score (nSPS) is 11.6. The molecular formula is C16H9IO. The van der Waals surface area contributed by atoms with Crippen molar-refractivity contribution in [2.75, 3.05) is 0 Å². The van der Waals surface area contributed by atoms with Crippen LogP contribution in [0.5, 0.6) is 0 Å². The number of halogens is 1. The van der Waals surface area contributed by atoms with Gasteiger partial charge in [-0.25, -0.2) is 0 Å². The van der Waals surface area contributed by atoms with E-state index in [0.717, 1.165) is 11.2 Å². The Morgan fingerprint density at radius 2 is 1.61 bits per heavy atom. The molecule has 1 heterocycles. The van der Waals surface area contributed by atoms with Crippen molar-refractivity contribution in [2.45, 2.75) is 0 Å². The van der Waals surface area contributed by atoms with Crippen LogP contribution in [0.2, 0.25) is 0 Å². The first-order valence-electron chi connectivity index (χ1n) is 5.82. The Morgan fingerprint density at radius 1 is 0.778 bits per heavy atom. The van der Waals surface area contributed by atoms with E-state index in [1.54, 1.807) is 0 Å². The van der Waals surface area contributed by atoms with Crippen molar-refractivity contribution in [1.82, 2.24) is 0 Å². The summed E-state index contributed by atoms with van der Waals surface area (Å²) in [6.45, 7) is 0. The Balaban J connectivity index is 2.35. The van der Waals surface area contributed by atoms with Gasteiger partial charge in [0.1, 0.15) is 11.2 Å². The lowest BCUT2D eigenvalue weighted by atomic mass is 10.0. The first-order chi connectivity index (χ1) is 8.83. The molecule has 0 aliphatic rings. The van der Waals surface area contributed by atoms with Crippen LogP contribution in [0.15, 0.2) is 59.0 Å². The van der Waals surface area contributed by atoms with E-state index in [0.29, 0.717) is 0 Å². The Labute approximate surface area is 118 Å². The molecular weight excluding hydrogens is 335 g/mol. The Morgan fingerprint density at radius 3 is 2.56 bits per heavy atom. The molecule has 3 aromatic carbocycles. The van der Waals surface area contributed by atoms with Gasteiger partial charge in [-0.05, 0) is 57.6 Å². The highest BCUT2D eigenvalue weighted by Gasteiger charge is 2.10. The maximum absolute atomic E-state index is 5.91. The molecule has 4 rings (SSSR count). The molecule has 1 aromatic heterocycles. The van der Waals surface area contributed by atoms with Gasteiger partial charge in [0.25, 0.3) is 0 Å². The minimum atomic E-state index is 0.960. The maximum Gasteiger partial charge on any atom is 0.136 e. The van der Waals surface area contributed by atoms with E-state index in [2.05, 4.69) is 71.1 Å². The second kappa shape index (κ2) is 3.72. The van der Waals surface area contributed by atoms with Crippen LogP contribution in [0, 0.1) is 3.57 Å². The average Bonchev–Trinajstić information content (AvgIpc) is 2.77. The van der Waals surface area contributed by atoms with Crippen LogP contribution in [0.3, 0.4) is 0 Å². The number of hydrogen-bond acceptors (Lipinski definition) is 1. The van der Waals surface area contributed by atoms with Gasteiger partial charge in [-0.2, -0.15) is 0 Å². The van der Waals surface area contributed by atoms with Crippen LogP contribution >= 0.6 is 22.6 Å². The minimum Gasteiger partial charge on any atom is -0.456 e. The summed E-state index contributed by atoms with van der Waals surface area (Å²) in [4.78, 5) is 0. The molecule has 0 unspecified atom stereocenters. The zero-order chi connectivity index (χ0) is 12.1. The smallest absolute Gasteiger partial charge is 0.136 e. The molecule has 0 saturated carbocycles. The lowest BCUT2D eigenvalue weighted by Gasteiger charge is -1.98. The first kappa shape index (κ1) is 10.4. The summed E-state index contributed by atoms with van der Waals surface area (Å²) >= 11 is 2.34. The zero-order valence-electron chi connectivity index (χ0n) is 9.48. The minimum absolute atomic E-state index is 0.960. The highest BCUT2D eigenvalue weighted by atomic mass is 127. The molecule has 0 fully saturated rings. The van der Waals surface area contributed by atoms with Gasteiger partial charge < -0.3 is 4.42 Å². The second-order valence-corrected chi connectivity index (χ2v) is 5.65. The SMILES string of the molecule is Ic1ccc2oc3ccc4ccccc4c3c2c1.